The van der Waals surface area contributed by atoms with Gasteiger partial charge in [0.25, 0.3) is 0 Å². The number of thiazole rings is 1. The molecule has 3 N–H and O–H groups in total. The summed E-state index contributed by atoms with van der Waals surface area (Å²) < 4.78 is 1.99. The van der Waals surface area contributed by atoms with Crippen molar-refractivity contribution in [3.63, 3.8) is 0 Å². The van der Waals surface area contributed by atoms with Gasteiger partial charge in [0, 0.05) is 29.4 Å². The number of amidine groups is 1. The number of nitrogens with zero attached hydrogens (tertiary/aromatic N) is 3. The molecule has 0 saturated carbocycles. The van der Waals surface area contributed by atoms with E-state index in [-0.39, 0.29) is 5.84 Å². The van der Waals surface area contributed by atoms with Gasteiger partial charge in [0.15, 0.2) is 4.96 Å². The molecular formula is C8H10N4OS. The number of imidazole rings is 1. The second-order valence-electron chi connectivity index (χ2n) is 2.96. The van der Waals surface area contributed by atoms with Crippen molar-refractivity contribution in [1.29, 1.82) is 0 Å². The molecule has 0 aliphatic rings. The average Bonchev–Trinajstić information content (AvgIpc) is 2.72. The summed E-state index contributed by atoms with van der Waals surface area (Å²) in [5.41, 5.74) is 6.53. The molecule has 74 valence electrons. The predicted molar refractivity (Wildman–Crippen MR) is 54.9 cm³/mol. The maximum Gasteiger partial charge on any atom is 0.194 e. The van der Waals surface area contributed by atoms with E-state index in [2.05, 4.69) is 10.1 Å². The summed E-state index contributed by atoms with van der Waals surface area (Å²) in [6.07, 6.45) is 4.12. The molecule has 0 saturated heterocycles. The smallest absolute Gasteiger partial charge is 0.194 e. The molecule has 0 radical (unpaired) electrons. The van der Waals surface area contributed by atoms with E-state index in [0.717, 1.165) is 15.5 Å². The van der Waals surface area contributed by atoms with Crippen LogP contribution in [0.15, 0.2) is 17.5 Å². The van der Waals surface area contributed by atoms with E-state index in [1.54, 1.807) is 17.5 Å². The third-order valence-electron chi connectivity index (χ3n) is 2.06. The number of oxime groups is 1. The topological polar surface area (TPSA) is 75.9 Å². The van der Waals surface area contributed by atoms with Crippen LogP contribution in [-0.4, -0.2) is 20.4 Å². The molecule has 0 spiro atoms. The minimum absolute atomic E-state index is 0.220. The van der Waals surface area contributed by atoms with E-state index in [9.17, 15) is 0 Å². The Morgan fingerprint density at radius 2 is 2.57 bits per heavy atom. The third-order valence-corrected chi connectivity index (χ3v) is 3.23. The average molecular weight is 210 g/mol. The maximum absolute atomic E-state index is 8.46. The second kappa shape index (κ2) is 3.30. The van der Waals surface area contributed by atoms with Crippen LogP contribution in [0.1, 0.15) is 10.6 Å². The molecule has 0 aliphatic carbocycles. The van der Waals surface area contributed by atoms with Crippen molar-refractivity contribution in [3.05, 3.63) is 23.0 Å². The second-order valence-corrected chi connectivity index (χ2v) is 4.02. The summed E-state index contributed by atoms with van der Waals surface area (Å²) >= 11 is 1.55. The van der Waals surface area contributed by atoms with E-state index < -0.39 is 0 Å². The Bertz CT molecular complexity index is 484. The van der Waals surface area contributed by atoms with Gasteiger partial charge in [0.2, 0.25) is 0 Å². The van der Waals surface area contributed by atoms with Crippen LogP contribution in [0.2, 0.25) is 0 Å². The van der Waals surface area contributed by atoms with Crippen LogP contribution in [-0.2, 0) is 6.42 Å². The minimum atomic E-state index is 0.220. The van der Waals surface area contributed by atoms with Gasteiger partial charge in [-0.3, -0.25) is 4.40 Å². The van der Waals surface area contributed by atoms with Crippen molar-refractivity contribution in [3.8, 4) is 0 Å². The van der Waals surface area contributed by atoms with Gasteiger partial charge in [-0.25, -0.2) is 4.98 Å². The molecule has 0 aromatic carbocycles. The summed E-state index contributed by atoms with van der Waals surface area (Å²) in [5, 5.41) is 11.4. The Kier molecular flexibility index (Phi) is 2.12. The maximum atomic E-state index is 8.46. The van der Waals surface area contributed by atoms with Gasteiger partial charge in [-0.15, -0.1) is 11.3 Å². The summed E-state index contributed by atoms with van der Waals surface area (Å²) in [6, 6.07) is 0. The lowest BCUT2D eigenvalue weighted by Crippen LogP contribution is -2.14. The highest BCUT2D eigenvalue weighted by Crippen LogP contribution is 2.21. The van der Waals surface area contributed by atoms with Crippen molar-refractivity contribution < 1.29 is 5.21 Å². The van der Waals surface area contributed by atoms with Crippen molar-refractivity contribution in [1.82, 2.24) is 9.38 Å². The largest absolute Gasteiger partial charge is 0.409 e. The SMILES string of the molecule is Cc1c(C/C(N)=N/O)sc2nccn12. The molecule has 0 aliphatic heterocycles. The summed E-state index contributed by atoms with van der Waals surface area (Å²) in [7, 11) is 0. The molecule has 2 aromatic heterocycles. The molecule has 0 bridgehead atoms. The Morgan fingerprint density at radius 3 is 3.21 bits per heavy atom. The highest BCUT2D eigenvalue weighted by molar-refractivity contribution is 7.17. The number of nitrogens with two attached hydrogens (primary N) is 1. The monoisotopic (exact) mass is 210 g/mol. The minimum Gasteiger partial charge on any atom is -0.409 e. The van der Waals surface area contributed by atoms with E-state index in [4.69, 9.17) is 10.9 Å². The first-order chi connectivity index (χ1) is 6.72. The molecule has 0 amide bonds. The fourth-order valence-corrected chi connectivity index (χ4v) is 2.40. The van der Waals surface area contributed by atoms with Gasteiger partial charge in [-0.1, -0.05) is 5.16 Å². The first-order valence-electron chi connectivity index (χ1n) is 4.10. The van der Waals surface area contributed by atoms with Crippen LogP contribution in [0, 0.1) is 6.92 Å². The quantitative estimate of drug-likeness (QED) is 0.336. The molecule has 2 aromatic rings. The summed E-state index contributed by atoms with van der Waals surface area (Å²) in [6.45, 7) is 1.99. The van der Waals surface area contributed by atoms with Crippen LogP contribution < -0.4 is 5.73 Å². The summed E-state index contributed by atoms with van der Waals surface area (Å²) in [5.74, 6) is 0.220. The first-order valence-corrected chi connectivity index (χ1v) is 4.91. The first kappa shape index (κ1) is 9.01. The predicted octanol–water partition coefficient (Wildman–Crippen LogP) is 0.993. The lowest BCUT2D eigenvalue weighted by Gasteiger charge is -1.96. The third kappa shape index (κ3) is 1.33. The van der Waals surface area contributed by atoms with Gasteiger partial charge in [0.1, 0.15) is 5.84 Å². The van der Waals surface area contributed by atoms with Crippen LogP contribution in [0.5, 0.6) is 0 Å². The highest BCUT2D eigenvalue weighted by atomic mass is 32.1. The molecule has 0 unspecified atom stereocenters. The number of fused-ring (bicyclic) bond motifs is 1. The zero-order chi connectivity index (χ0) is 10.1. The van der Waals surface area contributed by atoms with Crippen LogP contribution in [0.4, 0.5) is 0 Å². The zero-order valence-electron chi connectivity index (χ0n) is 7.64. The highest BCUT2D eigenvalue weighted by Gasteiger charge is 2.09. The van der Waals surface area contributed by atoms with Crippen molar-refractivity contribution in [2.45, 2.75) is 13.3 Å². The van der Waals surface area contributed by atoms with Crippen LogP contribution in [0.3, 0.4) is 0 Å². The number of hydrogen-bond donors (Lipinski definition) is 2. The van der Waals surface area contributed by atoms with Crippen molar-refractivity contribution >= 4 is 22.1 Å². The normalized spacial score (nSPS) is 12.5. The van der Waals surface area contributed by atoms with E-state index in [1.807, 2.05) is 17.5 Å². The van der Waals surface area contributed by atoms with Gasteiger partial charge in [-0.05, 0) is 6.92 Å². The fraction of sp³-hybridized carbons (Fsp3) is 0.250. The van der Waals surface area contributed by atoms with Crippen LogP contribution >= 0.6 is 11.3 Å². The Balaban J connectivity index is 2.43. The molecule has 5 nitrogen and oxygen atoms in total. The Morgan fingerprint density at radius 1 is 1.79 bits per heavy atom. The van der Waals surface area contributed by atoms with E-state index in [0.29, 0.717) is 6.42 Å². The number of aromatic nitrogens is 2. The number of aryl methyl sites for hydroxylation is 1. The number of rotatable bonds is 2. The lowest BCUT2D eigenvalue weighted by atomic mass is 10.3. The van der Waals surface area contributed by atoms with E-state index >= 15 is 0 Å². The van der Waals surface area contributed by atoms with Crippen molar-refractivity contribution in [2.24, 2.45) is 10.9 Å². The lowest BCUT2D eigenvalue weighted by molar-refractivity contribution is 0.317. The molecule has 2 rings (SSSR count). The van der Waals surface area contributed by atoms with Crippen LogP contribution in [0.25, 0.3) is 4.96 Å². The molecular weight excluding hydrogens is 200 g/mol. The van der Waals surface area contributed by atoms with Gasteiger partial charge >= 0.3 is 0 Å². The molecule has 0 atom stereocenters. The molecule has 0 fully saturated rings. The molecule has 6 heteroatoms. The number of hydrogen-bond acceptors (Lipinski definition) is 4. The zero-order valence-corrected chi connectivity index (χ0v) is 8.45. The molecule has 14 heavy (non-hydrogen) atoms. The van der Waals surface area contributed by atoms with Gasteiger partial charge in [-0.2, -0.15) is 0 Å². The van der Waals surface area contributed by atoms with E-state index in [1.165, 1.54) is 0 Å². The Hall–Kier alpha value is -1.56. The standard InChI is InChI=1S/C8H10N4OS/c1-5-6(4-7(9)11-13)14-8-10-2-3-12(5)8/h2-3,13H,4H2,1H3,(H2,9,11). The summed E-state index contributed by atoms with van der Waals surface area (Å²) in [4.78, 5) is 6.18. The molecule has 2 heterocycles. The van der Waals surface area contributed by atoms with Gasteiger partial charge < -0.3 is 10.9 Å². The Labute approximate surface area is 84.5 Å². The van der Waals surface area contributed by atoms with Crippen molar-refractivity contribution in [2.75, 3.05) is 0 Å². The van der Waals surface area contributed by atoms with Gasteiger partial charge in [0.05, 0.1) is 0 Å². The fourth-order valence-electron chi connectivity index (χ4n) is 1.30.